The average molecular weight is 274 g/mol. The molecule has 0 fully saturated rings. The van der Waals surface area contributed by atoms with E-state index in [-0.39, 0.29) is 0 Å². The molecule has 1 nitrogen and oxygen atoms in total. The molecule has 0 bridgehead atoms. The van der Waals surface area contributed by atoms with Gasteiger partial charge in [0, 0.05) is 0 Å². The standard InChI is InChI=1S/C16H35NS/c1-3-4-5-6-7-8-9-11-14-17-15-12-10-13-16-18-2/h17H,3-16H2,1-2H3. The lowest BCUT2D eigenvalue weighted by Crippen LogP contribution is -2.16. The third-order valence-electron chi connectivity index (χ3n) is 3.41. The molecule has 0 saturated carbocycles. The SMILES string of the molecule is CCCCCCCCCCNCCCCCSC. The summed E-state index contributed by atoms with van der Waals surface area (Å²) in [6.07, 6.45) is 17.7. The highest BCUT2D eigenvalue weighted by molar-refractivity contribution is 7.98. The molecule has 0 aromatic heterocycles. The molecule has 0 rings (SSSR count). The topological polar surface area (TPSA) is 12.0 Å². The smallest absolute Gasteiger partial charge is 0.00489 e. The van der Waals surface area contributed by atoms with Crippen molar-refractivity contribution in [1.82, 2.24) is 5.32 Å². The van der Waals surface area contributed by atoms with Gasteiger partial charge in [0.05, 0.1) is 0 Å². The number of hydrogen-bond donors (Lipinski definition) is 1. The van der Waals surface area contributed by atoms with Gasteiger partial charge in [-0.25, -0.2) is 0 Å². The fourth-order valence-electron chi connectivity index (χ4n) is 2.18. The van der Waals surface area contributed by atoms with E-state index in [0.717, 1.165) is 0 Å². The van der Waals surface area contributed by atoms with Gasteiger partial charge in [-0.05, 0) is 44.4 Å². The molecule has 0 amide bonds. The number of unbranched alkanes of at least 4 members (excludes halogenated alkanes) is 9. The number of nitrogens with one attached hydrogen (secondary N) is 1. The third kappa shape index (κ3) is 16.3. The molecule has 0 aliphatic heterocycles. The van der Waals surface area contributed by atoms with Crippen LogP contribution in [0.2, 0.25) is 0 Å². The molecule has 18 heavy (non-hydrogen) atoms. The molecule has 0 saturated heterocycles. The maximum absolute atomic E-state index is 3.57. The van der Waals surface area contributed by atoms with E-state index in [1.807, 2.05) is 11.8 Å². The molecule has 0 unspecified atom stereocenters. The van der Waals surface area contributed by atoms with Crippen molar-refractivity contribution in [3.8, 4) is 0 Å². The van der Waals surface area contributed by atoms with Crippen molar-refractivity contribution in [1.29, 1.82) is 0 Å². The second-order valence-corrected chi connectivity index (χ2v) is 6.26. The van der Waals surface area contributed by atoms with E-state index < -0.39 is 0 Å². The Balaban J connectivity index is 2.86. The highest BCUT2D eigenvalue weighted by Gasteiger charge is 1.92. The molecule has 0 aliphatic carbocycles. The largest absolute Gasteiger partial charge is 0.317 e. The van der Waals surface area contributed by atoms with Crippen LogP contribution in [0.15, 0.2) is 0 Å². The van der Waals surface area contributed by atoms with E-state index in [0.29, 0.717) is 0 Å². The Morgan fingerprint density at radius 3 is 1.72 bits per heavy atom. The molecular weight excluding hydrogens is 238 g/mol. The first-order valence-corrected chi connectivity index (χ1v) is 9.50. The summed E-state index contributed by atoms with van der Waals surface area (Å²) < 4.78 is 0. The maximum Gasteiger partial charge on any atom is -0.00489 e. The fourth-order valence-corrected chi connectivity index (χ4v) is 2.67. The van der Waals surface area contributed by atoms with Gasteiger partial charge >= 0.3 is 0 Å². The molecule has 0 heterocycles. The molecule has 0 radical (unpaired) electrons. The van der Waals surface area contributed by atoms with Gasteiger partial charge in [0.25, 0.3) is 0 Å². The van der Waals surface area contributed by atoms with Crippen LogP contribution in [-0.4, -0.2) is 25.1 Å². The average Bonchev–Trinajstić information content (AvgIpc) is 2.39. The Hall–Kier alpha value is 0.310. The normalized spacial score (nSPS) is 11.0. The predicted molar refractivity (Wildman–Crippen MR) is 87.7 cm³/mol. The first-order valence-electron chi connectivity index (χ1n) is 8.11. The Labute approximate surface area is 120 Å². The lowest BCUT2D eigenvalue weighted by molar-refractivity contribution is 0.546. The zero-order valence-electron chi connectivity index (χ0n) is 12.8. The van der Waals surface area contributed by atoms with E-state index in [9.17, 15) is 0 Å². The summed E-state index contributed by atoms with van der Waals surface area (Å²) in [5, 5.41) is 3.57. The Kier molecular flexibility index (Phi) is 17.6. The Bertz CT molecular complexity index is 123. The van der Waals surface area contributed by atoms with Crippen LogP contribution >= 0.6 is 11.8 Å². The lowest BCUT2D eigenvalue weighted by Gasteiger charge is -2.05. The quantitative estimate of drug-likeness (QED) is 0.409. The van der Waals surface area contributed by atoms with Crippen LogP contribution in [-0.2, 0) is 0 Å². The van der Waals surface area contributed by atoms with Gasteiger partial charge in [-0.3, -0.25) is 0 Å². The van der Waals surface area contributed by atoms with Gasteiger partial charge in [-0.1, -0.05) is 58.3 Å². The maximum atomic E-state index is 3.57. The zero-order valence-corrected chi connectivity index (χ0v) is 13.6. The third-order valence-corrected chi connectivity index (χ3v) is 4.11. The van der Waals surface area contributed by atoms with E-state index in [1.165, 1.54) is 89.5 Å². The van der Waals surface area contributed by atoms with Gasteiger partial charge in [0.1, 0.15) is 0 Å². The summed E-state index contributed by atoms with van der Waals surface area (Å²) in [4.78, 5) is 0. The first kappa shape index (κ1) is 18.3. The predicted octanol–water partition coefficient (Wildman–Crippen LogP) is 5.25. The first-order chi connectivity index (χ1) is 8.91. The van der Waals surface area contributed by atoms with Crippen LogP contribution in [0.4, 0.5) is 0 Å². The molecule has 0 aromatic rings. The second-order valence-electron chi connectivity index (χ2n) is 5.28. The molecule has 110 valence electrons. The highest BCUT2D eigenvalue weighted by Crippen LogP contribution is 2.07. The molecule has 1 N–H and O–H groups in total. The summed E-state index contributed by atoms with van der Waals surface area (Å²) >= 11 is 1.97. The van der Waals surface area contributed by atoms with Crippen molar-refractivity contribution >= 4 is 11.8 Å². The van der Waals surface area contributed by atoms with Crippen molar-refractivity contribution < 1.29 is 0 Å². The van der Waals surface area contributed by atoms with Crippen molar-refractivity contribution in [2.24, 2.45) is 0 Å². The van der Waals surface area contributed by atoms with Crippen LogP contribution in [0.25, 0.3) is 0 Å². The van der Waals surface area contributed by atoms with Gasteiger partial charge in [-0.15, -0.1) is 0 Å². The minimum Gasteiger partial charge on any atom is -0.317 e. The summed E-state index contributed by atoms with van der Waals surface area (Å²) in [6, 6.07) is 0. The summed E-state index contributed by atoms with van der Waals surface area (Å²) in [5.74, 6) is 1.33. The zero-order chi connectivity index (χ0) is 13.3. The minimum atomic E-state index is 1.23. The van der Waals surface area contributed by atoms with Gasteiger partial charge in [0.15, 0.2) is 0 Å². The molecule has 0 aromatic carbocycles. The van der Waals surface area contributed by atoms with Crippen molar-refractivity contribution in [3.63, 3.8) is 0 Å². The number of hydrogen-bond acceptors (Lipinski definition) is 2. The second kappa shape index (κ2) is 17.3. The van der Waals surface area contributed by atoms with Crippen molar-refractivity contribution in [2.45, 2.75) is 77.6 Å². The Morgan fingerprint density at radius 2 is 1.17 bits per heavy atom. The minimum absolute atomic E-state index is 1.23. The van der Waals surface area contributed by atoms with Crippen LogP contribution in [0.1, 0.15) is 77.6 Å². The van der Waals surface area contributed by atoms with E-state index in [1.54, 1.807) is 0 Å². The highest BCUT2D eigenvalue weighted by atomic mass is 32.2. The lowest BCUT2D eigenvalue weighted by atomic mass is 10.1. The van der Waals surface area contributed by atoms with Crippen LogP contribution in [0.3, 0.4) is 0 Å². The monoisotopic (exact) mass is 273 g/mol. The van der Waals surface area contributed by atoms with E-state index in [2.05, 4.69) is 18.5 Å². The molecule has 0 aliphatic rings. The van der Waals surface area contributed by atoms with Crippen LogP contribution in [0.5, 0.6) is 0 Å². The fraction of sp³-hybridized carbons (Fsp3) is 1.00. The van der Waals surface area contributed by atoms with Crippen molar-refractivity contribution in [3.05, 3.63) is 0 Å². The summed E-state index contributed by atoms with van der Waals surface area (Å²) in [7, 11) is 0. The molecule has 0 spiro atoms. The summed E-state index contributed by atoms with van der Waals surface area (Å²) in [5.41, 5.74) is 0. The summed E-state index contributed by atoms with van der Waals surface area (Å²) in [6.45, 7) is 4.75. The molecule has 2 heteroatoms. The van der Waals surface area contributed by atoms with Crippen LogP contribution in [0, 0.1) is 0 Å². The van der Waals surface area contributed by atoms with Gasteiger partial charge in [-0.2, -0.15) is 11.8 Å². The number of thioether (sulfide) groups is 1. The van der Waals surface area contributed by atoms with E-state index in [4.69, 9.17) is 0 Å². The van der Waals surface area contributed by atoms with E-state index >= 15 is 0 Å². The van der Waals surface area contributed by atoms with Crippen LogP contribution < -0.4 is 5.32 Å². The number of rotatable bonds is 15. The Morgan fingerprint density at radius 1 is 0.667 bits per heavy atom. The van der Waals surface area contributed by atoms with Gasteiger partial charge < -0.3 is 5.32 Å². The van der Waals surface area contributed by atoms with Gasteiger partial charge in [0.2, 0.25) is 0 Å². The van der Waals surface area contributed by atoms with Crippen molar-refractivity contribution in [2.75, 3.05) is 25.1 Å². The molecule has 0 atom stereocenters. The molecular formula is C16H35NS.